The van der Waals surface area contributed by atoms with Crippen LogP contribution in [-0.4, -0.2) is 24.0 Å². The summed E-state index contributed by atoms with van der Waals surface area (Å²) in [7, 11) is 0. The summed E-state index contributed by atoms with van der Waals surface area (Å²) in [5.41, 5.74) is 1.63. The summed E-state index contributed by atoms with van der Waals surface area (Å²) in [6.45, 7) is 7.03. The van der Waals surface area contributed by atoms with Crippen LogP contribution in [0, 0.1) is 24.2 Å². The van der Waals surface area contributed by atoms with E-state index < -0.39 is 0 Å². The van der Waals surface area contributed by atoms with Crippen LogP contribution in [0.5, 0.6) is 0 Å². The summed E-state index contributed by atoms with van der Waals surface area (Å²) in [6, 6.07) is 7.27. The fourth-order valence-corrected chi connectivity index (χ4v) is 1.96. The number of nitrogens with zero attached hydrogens (tertiary/aromatic N) is 2. The molecule has 0 unspecified atom stereocenters. The summed E-state index contributed by atoms with van der Waals surface area (Å²) in [4.78, 5) is 13.9. The molecular weight excluding hydrogens is 274 g/mol. The lowest BCUT2D eigenvalue weighted by Crippen LogP contribution is -2.38. The molecule has 0 bridgehead atoms. The molecule has 108 valence electrons. The second-order valence-corrected chi connectivity index (χ2v) is 5.55. The molecule has 1 rings (SSSR count). The molecule has 0 aliphatic carbocycles. The largest absolute Gasteiger partial charge is 0.323 e. The number of carbonyl (C=O) groups is 1. The maximum Gasteiger partial charge on any atom is 0.321 e. The van der Waals surface area contributed by atoms with Gasteiger partial charge in [-0.1, -0.05) is 31.5 Å². The monoisotopic (exact) mass is 293 g/mol. The first-order chi connectivity index (χ1) is 9.43. The molecule has 0 fully saturated rings. The number of anilines is 1. The highest BCUT2D eigenvalue weighted by Crippen LogP contribution is 2.20. The van der Waals surface area contributed by atoms with Crippen molar-refractivity contribution in [3.05, 3.63) is 28.8 Å². The number of benzene rings is 1. The van der Waals surface area contributed by atoms with E-state index in [1.807, 2.05) is 32.9 Å². The van der Waals surface area contributed by atoms with Gasteiger partial charge in [0.1, 0.15) is 0 Å². The molecule has 0 radical (unpaired) electrons. The first kappa shape index (κ1) is 16.3. The third-order valence-corrected chi connectivity index (χ3v) is 3.20. The zero-order valence-electron chi connectivity index (χ0n) is 12.1. The van der Waals surface area contributed by atoms with Crippen LogP contribution in [0.2, 0.25) is 5.02 Å². The predicted octanol–water partition coefficient (Wildman–Crippen LogP) is 4.05. The van der Waals surface area contributed by atoms with E-state index in [2.05, 4.69) is 11.4 Å². The highest BCUT2D eigenvalue weighted by molar-refractivity contribution is 6.31. The van der Waals surface area contributed by atoms with E-state index in [1.54, 1.807) is 11.0 Å². The van der Waals surface area contributed by atoms with Crippen LogP contribution < -0.4 is 5.32 Å². The Hall–Kier alpha value is -1.73. The third kappa shape index (κ3) is 5.10. The lowest BCUT2D eigenvalue weighted by atomic mass is 10.2. The molecule has 0 heterocycles. The normalized spacial score (nSPS) is 10.2. The van der Waals surface area contributed by atoms with E-state index in [0.717, 1.165) is 5.56 Å². The van der Waals surface area contributed by atoms with E-state index in [-0.39, 0.29) is 6.03 Å². The molecule has 0 saturated carbocycles. The summed E-state index contributed by atoms with van der Waals surface area (Å²) in [6.07, 6.45) is 0.328. The first-order valence-corrected chi connectivity index (χ1v) is 7.01. The van der Waals surface area contributed by atoms with Crippen molar-refractivity contribution in [3.63, 3.8) is 0 Å². The van der Waals surface area contributed by atoms with Crippen molar-refractivity contribution in [2.45, 2.75) is 27.2 Å². The van der Waals surface area contributed by atoms with Crippen LogP contribution >= 0.6 is 11.6 Å². The van der Waals surface area contributed by atoms with Gasteiger partial charge < -0.3 is 10.2 Å². The molecular formula is C15H20ClN3O. The van der Waals surface area contributed by atoms with Gasteiger partial charge in [0.05, 0.1) is 12.5 Å². The maximum absolute atomic E-state index is 12.2. The number of aryl methyl sites for hydroxylation is 1. The van der Waals surface area contributed by atoms with Crippen molar-refractivity contribution in [2.24, 2.45) is 5.92 Å². The maximum atomic E-state index is 12.2. The lowest BCUT2D eigenvalue weighted by Gasteiger charge is -2.24. The number of amides is 2. The minimum atomic E-state index is -0.200. The van der Waals surface area contributed by atoms with Gasteiger partial charge >= 0.3 is 6.03 Å². The summed E-state index contributed by atoms with van der Waals surface area (Å²) in [5, 5.41) is 12.1. The average molecular weight is 294 g/mol. The van der Waals surface area contributed by atoms with Crippen molar-refractivity contribution in [1.82, 2.24) is 4.90 Å². The van der Waals surface area contributed by atoms with Crippen molar-refractivity contribution >= 4 is 23.3 Å². The summed E-state index contributed by atoms with van der Waals surface area (Å²) in [5.74, 6) is 0.348. The Balaban J connectivity index is 2.73. The standard InChI is InChI=1S/C15H20ClN3O/c1-11(2)10-19(8-4-7-17)15(20)18-13-6-5-12(3)14(16)9-13/h5-6,9,11H,4,8,10H2,1-3H3,(H,18,20). The van der Waals surface area contributed by atoms with E-state index in [0.29, 0.717) is 36.1 Å². The highest BCUT2D eigenvalue weighted by Gasteiger charge is 2.15. The summed E-state index contributed by atoms with van der Waals surface area (Å²) >= 11 is 6.04. The number of hydrogen-bond acceptors (Lipinski definition) is 2. The Morgan fingerprint density at radius 1 is 1.50 bits per heavy atom. The van der Waals surface area contributed by atoms with Crippen LogP contribution in [0.25, 0.3) is 0 Å². The molecule has 5 heteroatoms. The number of halogens is 1. The zero-order valence-corrected chi connectivity index (χ0v) is 12.9. The Morgan fingerprint density at radius 2 is 2.20 bits per heavy atom. The Labute approximate surface area is 125 Å². The molecule has 0 aliphatic rings. The fourth-order valence-electron chi connectivity index (χ4n) is 1.77. The average Bonchev–Trinajstić information content (AvgIpc) is 2.38. The molecule has 1 aromatic carbocycles. The molecule has 0 aliphatic heterocycles. The topological polar surface area (TPSA) is 56.1 Å². The van der Waals surface area contributed by atoms with Gasteiger partial charge in [0.2, 0.25) is 0 Å². The Morgan fingerprint density at radius 3 is 2.75 bits per heavy atom. The van der Waals surface area contributed by atoms with Gasteiger partial charge in [-0.15, -0.1) is 0 Å². The molecule has 1 N–H and O–H groups in total. The zero-order chi connectivity index (χ0) is 15.1. The van der Waals surface area contributed by atoms with Gasteiger partial charge in [-0.3, -0.25) is 0 Å². The molecule has 20 heavy (non-hydrogen) atoms. The Bertz CT molecular complexity index is 508. The van der Waals surface area contributed by atoms with Crippen LogP contribution in [0.4, 0.5) is 10.5 Å². The molecule has 4 nitrogen and oxygen atoms in total. The van der Waals surface area contributed by atoms with Gasteiger partial charge in [0.15, 0.2) is 0 Å². The highest BCUT2D eigenvalue weighted by atomic mass is 35.5. The summed E-state index contributed by atoms with van der Waals surface area (Å²) < 4.78 is 0. The van der Waals surface area contributed by atoms with Gasteiger partial charge in [0, 0.05) is 23.8 Å². The van der Waals surface area contributed by atoms with E-state index in [4.69, 9.17) is 16.9 Å². The number of carbonyl (C=O) groups excluding carboxylic acids is 1. The number of rotatable bonds is 5. The van der Waals surface area contributed by atoms with E-state index in [1.165, 1.54) is 0 Å². The van der Waals surface area contributed by atoms with Gasteiger partial charge in [-0.2, -0.15) is 5.26 Å². The van der Waals surface area contributed by atoms with Crippen LogP contribution in [0.1, 0.15) is 25.8 Å². The van der Waals surface area contributed by atoms with Crippen LogP contribution in [0.3, 0.4) is 0 Å². The SMILES string of the molecule is Cc1ccc(NC(=O)N(CCC#N)CC(C)C)cc1Cl. The van der Waals surface area contributed by atoms with Crippen molar-refractivity contribution < 1.29 is 4.79 Å². The molecule has 0 atom stereocenters. The molecule has 0 aromatic heterocycles. The number of hydrogen-bond donors (Lipinski definition) is 1. The molecule has 0 saturated heterocycles. The molecule has 1 aromatic rings. The molecule has 2 amide bonds. The van der Waals surface area contributed by atoms with Crippen molar-refractivity contribution in [3.8, 4) is 6.07 Å². The Kier molecular flexibility index (Phi) is 6.33. The number of nitrogens with one attached hydrogen (secondary N) is 1. The predicted molar refractivity (Wildman–Crippen MR) is 81.8 cm³/mol. The van der Waals surface area contributed by atoms with Gasteiger partial charge in [0.25, 0.3) is 0 Å². The lowest BCUT2D eigenvalue weighted by molar-refractivity contribution is 0.206. The van der Waals surface area contributed by atoms with Crippen LogP contribution in [-0.2, 0) is 0 Å². The quantitative estimate of drug-likeness (QED) is 0.890. The van der Waals surface area contributed by atoms with Gasteiger partial charge in [-0.05, 0) is 30.5 Å². The first-order valence-electron chi connectivity index (χ1n) is 6.63. The van der Waals surface area contributed by atoms with Gasteiger partial charge in [-0.25, -0.2) is 4.79 Å². The van der Waals surface area contributed by atoms with Crippen molar-refractivity contribution in [1.29, 1.82) is 5.26 Å². The van der Waals surface area contributed by atoms with Crippen LogP contribution in [0.15, 0.2) is 18.2 Å². The number of urea groups is 1. The minimum Gasteiger partial charge on any atom is -0.323 e. The van der Waals surface area contributed by atoms with Crippen molar-refractivity contribution in [2.75, 3.05) is 18.4 Å². The minimum absolute atomic E-state index is 0.200. The third-order valence-electron chi connectivity index (χ3n) is 2.79. The smallest absolute Gasteiger partial charge is 0.321 e. The molecule has 0 spiro atoms. The fraction of sp³-hybridized carbons (Fsp3) is 0.467. The second kappa shape index (κ2) is 7.76. The van der Waals surface area contributed by atoms with E-state index in [9.17, 15) is 4.79 Å². The van der Waals surface area contributed by atoms with E-state index >= 15 is 0 Å². The second-order valence-electron chi connectivity index (χ2n) is 5.14. The number of nitriles is 1.